The van der Waals surface area contributed by atoms with Crippen LogP contribution in [0.3, 0.4) is 0 Å². The van der Waals surface area contributed by atoms with Crippen LogP contribution in [0.4, 0.5) is 10.5 Å². The maximum atomic E-state index is 12.6. The number of fused-ring (bicyclic) bond motifs is 3. The minimum atomic E-state index is -0.493. The number of pyridine rings is 1. The third-order valence-electron chi connectivity index (χ3n) is 6.69. The number of rotatable bonds is 6. The molecule has 34 heavy (non-hydrogen) atoms. The quantitative estimate of drug-likeness (QED) is 0.514. The molecule has 10 heteroatoms. The molecule has 3 atom stereocenters. The van der Waals surface area contributed by atoms with Crippen molar-refractivity contribution in [2.45, 2.75) is 39.3 Å². The number of aryl methyl sites for hydroxylation is 1. The van der Waals surface area contributed by atoms with Crippen molar-refractivity contribution in [2.24, 2.45) is 18.9 Å². The standard InChI is InChI=1S/C24H26N6O4/c1-13(2)14(3)23(31)33-12-21-20-10-17-9-15(6-8-19(17)30(20)24(32)34-21)16-5-7-18(25-11-16)22-26-27-28-29(22)4/h5-9,11,13-14,20-21H,10,12H2,1-4H3/t14-,20-,21-/m0/s1. The van der Waals surface area contributed by atoms with Crippen molar-refractivity contribution in [2.75, 3.05) is 11.5 Å². The minimum absolute atomic E-state index is 0.0614. The monoisotopic (exact) mass is 462 g/mol. The Morgan fingerprint density at radius 2 is 2.00 bits per heavy atom. The SMILES string of the molecule is CC(C)[C@H](C)C(=O)OC[C@@H]1OC(=O)N2c3ccc(-c4ccc(-c5nnnn5C)nc4)cc3C[C@@H]12. The predicted molar refractivity (Wildman–Crippen MR) is 123 cm³/mol. The second kappa shape index (κ2) is 8.51. The lowest BCUT2D eigenvalue weighted by Gasteiger charge is -2.19. The lowest BCUT2D eigenvalue weighted by atomic mass is 9.98. The number of tetrazole rings is 1. The minimum Gasteiger partial charge on any atom is -0.461 e. The number of hydrogen-bond acceptors (Lipinski definition) is 8. The zero-order valence-corrected chi connectivity index (χ0v) is 19.5. The first-order valence-electron chi connectivity index (χ1n) is 11.3. The molecule has 2 aliphatic heterocycles. The van der Waals surface area contributed by atoms with E-state index in [1.165, 1.54) is 0 Å². The summed E-state index contributed by atoms with van der Waals surface area (Å²) in [7, 11) is 1.77. The summed E-state index contributed by atoms with van der Waals surface area (Å²) in [6.07, 6.45) is 1.52. The molecule has 0 aliphatic carbocycles. The van der Waals surface area contributed by atoms with Crippen LogP contribution in [0, 0.1) is 11.8 Å². The molecule has 0 saturated carbocycles. The number of nitrogens with zero attached hydrogens (tertiary/aromatic N) is 6. The Morgan fingerprint density at radius 3 is 2.68 bits per heavy atom. The van der Waals surface area contributed by atoms with Crippen LogP contribution in [0.5, 0.6) is 0 Å². The molecule has 0 unspecified atom stereocenters. The number of carbonyl (C=O) groups excluding carboxylic acids is 2. The topological polar surface area (TPSA) is 112 Å². The van der Waals surface area contributed by atoms with Crippen LogP contribution in [-0.4, -0.2) is 56.0 Å². The van der Waals surface area contributed by atoms with E-state index in [1.807, 2.05) is 45.0 Å². The van der Waals surface area contributed by atoms with Crippen LogP contribution < -0.4 is 4.90 Å². The fraction of sp³-hybridized carbons (Fsp3) is 0.417. The Balaban J connectivity index is 1.32. The Labute approximate surface area is 196 Å². The first kappa shape index (κ1) is 22.0. The van der Waals surface area contributed by atoms with E-state index < -0.39 is 12.2 Å². The number of aromatic nitrogens is 5. The molecule has 10 nitrogen and oxygen atoms in total. The predicted octanol–water partition coefficient (Wildman–Crippen LogP) is 3.02. The third kappa shape index (κ3) is 3.78. The highest BCUT2D eigenvalue weighted by molar-refractivity contribution is 5.94. The zero-order chi connectivity index (χ0) is 24.0. The molecular weight excluding hydrogens is 436 g/mol. The first-order chi connectivity index (χ1) is 16.3. The first-order valence-corrected chi connectivity index (χ1v) is 11.3. The van der Waals surface area contributed by atoms with Gasteiger partial charge >= 0.3 is 12.1 Å². The van der Waals surface area contributed by atoms with Gasteiger partial charge in [-0.25, -0.2) is 9.48 Å². The van der Waals surface area contributed by atoms with E-state index in [0.717, 1.165) is 22.4 Å². The summed E-state index contributed by atoms with van der Waals surface area (Å²) >= 11 is 0. The van der Waals surface area contributed by atoms with Gasteiger partial charge < -0.3 is 9.47 Å². The number of carbonyl (C=O) groups is 2. The van der Waals surface area contributed by atoms with Crippen molar-refractivity contribution in [3.63, 3.8) is 0 Å². The van der Waals surface area contributed by atoms with Crippen LogP contribution in [-0.2, 0) is 27.7 Å². The van der Waals surface area contributed by atoms with Gasteiger partial charge in [0.1, 0.15) is 12.3 Å². The molecule has 3 aromatic rings. The molecule has 2 aromatic heterocycles. The van der Waals surface area contributed by atoms with E-state index in [1.54, 1.807) is 22.8 Å². The van der Waals surface area contributed by atoms with Gasteiger partial charge in [0.15, 0.2) is 11.9 Å². The lowest BCUT2D eigenvalue weighted by Crippen LogP contribution is -2.36. The number of cyclic esters (lactones) is 1. The van der Waals surface area contributed by atoms with E-state index in [4.69, 9.17) is 9.47 Å². The summed E-state index contributed by atoms with van der Waals surface area (Å²) in [5, 5.41) is 11.5. The van der Waals surface area contributed by atoms with Gasteiger partial charge in [0.05, 0.1) is 17.6 Å². The molecule has 1 aromatic carbocycles. The molecule has 0 N–H and O–H groups in total. The normalized spacial score (nSPS) is 19.7. The maximum Gasteiger partial charge on any atom is 0.415 e. The molecule has 1 saturated heterocycles. The summed E-state index contributed by atoms with van der Waals surface area (Å²) in [6, 6.07) is 9.64. The summed E-state index contributed by atoms with van der Waals surface area (Å²) in [4.78, 5) is 31.0. The second-order valence-corrected chi connectivity index (χ2v) is 9.13. The van der Waals surface area contributed by atoms with Gasteiger partial charge in [-0.15, -0.1) is 5.10 Å². The van der Waals surface area contributed by atoms with Crippen molar-refractivity contribution >= 4 is 17.7 Å². The van der Waals surface area contributed by atoms with E-state index in [0.29, 0.717) is 17.9 Å². The lowest BCUT2D eigenvalue weighted by molar-refractivity contribution is -0.152. The smallest absolute Gasteiger partial charge is 0.415 e. The average Bonchev–Trinajstić information content (AvgIpc) is 3.51. The van der Waals surface area contributed by atoms with Crippen LogP contribution in [0.15, 0.2) is 36.5 Å². The molecule has 1 fully saturated rings. The second-order valence-electron chi connectivity index (χ2n) is 9.13. The Morgan fingerprint density at radius 1 is 1.21 bits per heavy atom. The van der Waals surface area contributed by atoms with Crippen molar-refractivity contribution < 1.29 is 19.1 Å². The summed E-state index contributed by atoms with van der Waals surface area (Å²) in [6.45, 7) is 5.86. The molecule has 4 heterocycles. The van der Waals surface area contributed by atoms with Crippen LogP contribution >= 0.6 is 0 Å². The molecule has 1 amide bonds. The van der Waals surface area contributed by atoms with E-state index in [2.05, 4.69) is 26.6 Å². The van der Waals surface area contributed by atoms with Gasteiger partial charge in [-0.2, -0.15) is 0 Å². The highest BCUT2D eigenvalue weighted by atomic mass is 16.6. The number of esters is 1. The number of amides is 1. The molecule has 0 bridgehead atoms. The Hall–Kier alpha value is -3.82. The number of anilines is 1. The Kier molecular flexibility index (Phi) is 5.51. The van der Waals surface area contributed by atoms with Crippen molar-refractivity contribution in [3.05, 3.63) is 42.1 Å². The average molecular weight is 463 g/mol. The van der Waals surface area contributed by atoms with Gasteiger partial charge in [0, 0.05) is 18.8 Å². The van der Waals surface area contributed by atoms with Gasteiger partial charge in [-0.1, -0.05) is 32.9 Å². The molecule has 0 spiro atoms. The number of benzene rings is 1. The number of hydrogen-bond donors (Lipinski definition) is 0. The molecule has 2 aliphatic rings. The van der Waals surface area contributed by atoms with Crippen molar-refractivity contribution in [1.29, 1.82) is 0 Å². The molecule has 0 radical (unpaired) electrons. The van der Waals surface area contributed by atoms with Crippen LogP contribution in [0.25, 0.3) is 22.6 Å². The van der Waals surface area contributed by atoms with Crippen molar-refractivity contribution in [1.82, 2.24) is 25.2 Å². The van der Waals surface area contributed by atoms with Gasteiger partial charge in [-0.3, -0.25) is 14.7 Å². The third-order valence-corrected chi connectivity index (χ3v) is 6.69. The zero-order valence-electron chi connectivity index (χ0n) is 19.5. The summed E-state index contributed by atoms with van der Waals surface area (Å²) in [5.41, 5.74) is 4.51. The van der Waals surface area contributed by atoms with Gasteiger partial charge in [0.2, 0.25) is 0 Å². The van der Waals surface area contributed by atoms with Crippen LogP contribution in [0.2, 0.25) is 0 Å². The van der Waals surface area contributed by atoms with E-state index in [9.17, 15) is 9.59 Å². The summed E-state index contributed by atoms with van der Waals surface area (Å²) < 4.78 is 12.6. The highest BCUT2D eigenvalue weighted by Crippen LogP contribution is 2.40. The van der Waals surface area contributed by atoms with E-state index in [-0.39, 0.29) is 30.5 Å². The van der Waals surface area contributed by atoms with Gasteiger partial charge in [-0.05, 0) is 52.1 Å². The van der Waals surface area contributed by atoms with E-state index >= 15 is 0 Å². The van der Waals surface area contributed by atoms with Crippen molar-refractivity contribution in [3.8, 4) is 22.6 Å². The Bertz CT molecular complexity index is 1240. The van der Waals surface area contributed by atoms with Gasteiger partial charge in [0.25, 0.3) is 0 Å². The molecule has 176 valence electrons. The maximum absolute atomic E-state index is 12.6. The molecular formula is C24H26N6O4. The molecule has 5 rings (SSSR count). The fourth-order valence-corrected chi connectivity index (χ4v) is 4.31. The number of ether oxygens (including phenoxy) is 2. The fourth-order valence-electron chi connectivity index (χ4n) is 4.31. The van der Waals surface area contributed by atoms with Crippen LogP contribution in [0.1, 0.15) is 26.3 Å². The highest BCUT2D eigenvalue weighted by Gasteiger charge is 2.48. The largest absolute Gasteiger partial charge is 0.461 e. The summed E-state index contributed by atoms with van der Waals surface area (Å²) in [5.74, 6) is 0.302.